The van der Waals surface area contributed by atoms with Crippen LogP contribution >= 0.6 is 15.9 Å². The molecule has 1 aliphatic carbocycles. The second-order valence-electron chi connectivity index (χ2n) is 11.6. The number of amides is 1. The third-order valence-electron chi connectivity index (χ3n) is 8.19. The van der Waals surface area contributed by atoms with Crippen LogP contribution < -0.4 is 10.5 Å². The van der Waals surface area contributed by atoms with Crippen LogP contribution in [0.3, 0.4) is 0 Å². The number of anilines is 1. The molecule has 0 spiro atoms. The molecule has 0 bridgehead atoms. The number of hydrogen-bond acceptors (Lipinski definition) is 5. The summed E-state index contributed by atoms with van der Waals surface area (Å²) in [6, 6.07) is 13.7. The molecule has 1 aromatic heterocycles. The molecule has 1 saturated carbocycles. The topological polar surface area (TPSA) is 86.3 Å². The molecule has 3 aromatic carbocycles. The van der Waals surface area contributed by atoms with E-state index in [4.69, 9.17) is 10.5 Å². The van der Waals surface area contributed by atoms with Crippen LogP contribution in [0.1, 0.15) is 59.5 Å². The monoisotopic (exact) mass is 651 g/mol. The van der Waals surface area contributed by atoms with Crippen LogP contribution in [0.15, 0.2) is 53.1 Å². The molecule has 1 fully saturated rings. The third-order valence-corrected chi connectivity index (χ3v) is 8.92. The number of aryl methyl sites for hydroxylation is 3. The lowest BCUT2D eigenvalue weighted by atomic mass is 9.85. The molecule has 7 nitrogen and oxygen atoms in total. The summed E-state index contributed by atoms with van der Waals surface area (Å²) in [6.07, 6.45) is 4.59. The molecule has 0 aliphatic heterocycles. The first-order valence-electron chi connectivity index (χ1n) is 14.4. The summed E-state index contributed by atoms with van der Waals surface area (Å²) in [5, 5.41) is 8.32. The number of ether oxygens (including phenoxy) is 1. The standard InChI is InChI=1S/C33H36BrF2N5O2/c1-19-6-5-7-22(12-19)18-43-32-20(2)13-23(14-21(32)3)16-40(4)33(42)24-8-10-25(11-9-24)41-17-28(38-39-41)26-15-27(35)29(34)30(36)31(26)37/h5-7,12-15,17,24-25H,8-11,16,18,37H2,1-4H3. The van der Waals surface area contributed by atoms with Gasteiger partial charge in [-0.05, 0) is 90.7 Å². The molecule has 1 aliphatic rings. The number of aromatic nitrogens is 3. The molecule has 0 radical (unpaired) electrons. The normalized spacial score (nSPS) is 16.7. The second-order valence-corrected chi connectivity index (χ2v) is 12.4. The zero-order chi connectivity index (χ0) is 30.8. The predicted molar refractivity (Wildman–Crippen MR) is 166 cm³/mol. The van der Waals surface area contributed by atoms with Gasteiger partial charge in [0.15, 0.2) is 5.82 Å². The number of rotatable bonds is 8. The van der Waals surface area contributed by atoms with Gasteiger partial charge in [-0.2, -0.15) is 0 Å². The van der Waals surface area contributed by atoms with Gasteiger partial charge in [0.25, 0.3) is 0 Å². The van der Waals surface area contributed by atoms with Gasteiger partial charge >= 0.3 is 0 Å². The van der Waals surface area contributed by atoms with E-state index in [1.807, 2.05) is 27.0 Å². The number of nitrogens with zero attached hydrogens (tertiary/aromatic N) is 4. The smallest absolute Gasteiger partial charge is 0.225 e. The molecule has 43 heavy (non-hydrogen) atoms. The SMILES string of the molecule is Cc1cccc(COc2c(C)cc(CN(C)C(=O)C3CCC(n4cc(-c5cc(F)c(Br)c(F)c5N)nn4)CC3)cc2C)c1. The molecule has 0 unspecified atom stereocenters. The molecule has 10 heteroatoms. The van der Waals surface area contributed by atoms with Crippen molar-refractivity contribution in [3.05, 3.63) is 92.6 Å². The van der Waals surface area contributed by atoms with Gasteiger partial charge in [0.2, 0.25) is 5.91 Å². The molecule has 1 heterocycles. The van der Waals surface area contributed by atoms with E-state index in [2.05, 4.69) is 63.5 Å². The number of hydrogen-bond donors (Lipinski definition) is 1. The van der Waals surface area contributed by atoms with Crippen LogP contribution in [0.5, 0.6) is 5.75 Å². The maximum absolute atomic E-state index is 14.3. The lowest BCUT2D eigenvalue weighted by Gasteiger charge is -2.30. The number of halogens is 3. The second kappa shape index (κ2) is 12.8. The van der Waals surface area contributed by atoms with E-state index in [1.54, 1.807) is 15.8 Å². The molecule has 2 N–H and O–H groups in total. The Morgan fingerprint density at radius 1 is 1.07 bits per heavy atom. The van der Waals surface area contributed by atoms with Gasteiger partial charge in [-0.1, -0.05) is 47.2 Å². The molecule has 0 saturated heterocycles. The van der Waals surface area contributed by atoms with Crippen LogP contribution in [0.25, 0.3) is 11.3 Å². The molecule has 226 valence electrons. The Labute approximate surface area is 259 Å². The Kier molecular flexibility index (Phi) is 9.15. The molecular weight excluding hydrogens is 616 g/mol. The van der Waals surface area contributed by atoms with E-state index in [-0.39, 0.29) is 33.6 Å². The zero-order valence-electron chi connectivity index (χ0n) is 24.8. The number of carbonyl (C=O) groups excluding carboxylic acids is 1. The largest absolute Gasteiger partial charge is 0.488 e. The summed E-state index contributed by atoms with van der Waals surface area (Å²) < 4.78 is 36.0. The van der Waals surface area contributed by atoms with E-state index in [0.717, 1.165) is 59.8 Å². The average Bonchev–Trinajstić information content (AvgIpc) is 3.47. The van der Waals surface area contributed by atoms with Crippen LogP contribution in [-0.2, 0) is 17.9 Å². The molecule has 4 aromatic rings. The van der Waals surface area contributed by atoms with Crippen LogP contribution in [0.4, 0.5) is 14.5 Å². The van der Waals surface area contributed by atoms with Crippen LogP contribution in [0.2, 0.25) is 0 Å². The highest BCUT2D eigenvalue weighted by atomic mass is 79.9. The van der Waals surface area contributed by atoms with Gasteiger partial charge in [0.05, 0.1) is 22.4 Å². The van der Waals surface area contributed by atoms with Crippen molar-refractivity contribution < 1.29 is 18.3 Å². The Morgan fingerprint density at radius 3 is 2.44 bits per heavy atom. The maximum atomic E-state index is 14.3. The highest BCUT2D eigenvalue weighted by Crippen LogP contribution is 2.36. The minimum atomic E-state index is -0.861. The van der Waals surface area contributed by atoms with Gasteiger partial charge in [0, 0.05) is 25.1 Å². The van der Waals surface area contributed by atoms with Gasteiger partial charge in [-0.25, -0.2) is 13.5 Å². The molecule has 5 rings (SSSR count). The minimum absolute atomic E-state index is 0.0413. The first-order valence-corrected chi connectivity index (χ1v) is 15.2. The first kappa shape index (κ1) is 30.7. The lowest BCUT2D eigenvalue weighted by Crippen LogP contribution is -2.35. The fourth-order valence-corrected chi connectivity index (χ4v) is 6.29. The van der Waals surface area contributed by atoms with Crippen molar-refractivity contribution in [1.29, 1.82) is 0 Å². The number of carbonyl (C=O) groups is 1. The van der Waals surface area contributed by atoms with E-state index in [1.165, 1.54) is 5.56 Å². The number of nitrogen functional groups attached to an aromatic ring is 1. The van der Waals surface area contributed by atoms with Gasteiger partial charge in [-0.15, -0.1) is 5.10 Å². The minimum Gasteiger partial charge on any atom is -0.488 e. The summed E-state index contributed by atoms with van der Waals surface area (Å²) in [5.74, 6) is -0.686. The Morgan fingerprint density at radius 2 is 1.77 bits per heavy atom. The van der Waals surface area contributed by atoms with Crippen molar-refractivity contribution >= 4 is 27.5 Å². The van der Waals surface area contributed by atoms with Crippen molar-refractivity contribution in [2.45, 2.75) is 65.6 Å². The van der Waals surface area contributed by atoms with Gasteiger partial charge < -0.3 is 15.4 Å². The first-order chi connectivity index (χ1) is 20.5. The van der Waals surface area contributed by atoms with E-state index < -0.39 is 11.6 Å². The number of benzene rings is 3. The Balaban J connectivity index is 1.17. The van der Waals surface area contributed by atoms with Crippen molar-refractivity contribution in [3.63, 3.8) is 0 Å². The Hall–Kier alpha value is -3.79. The highest BCUT2D eigenvalue weighted by Gasteiger charge is 2.30. The van der Waals surface area contributed by atoms with Crippen molar-refractivity contribution in [2.24, 2.45) is 5.92 Å². The molecular formula is C33H36BrF2N5O2. The lowest BCUT2D eigenvalue weighted by molar-refractivity contribution is -0.136. The van der Waals surface area contributed by atoms with E-state index >= 15 is 0 Å². The highest BCUT2D eigenvalue weighted by molar-refractivity contribution is 9.10. The maximum Gasteiger partial charge on any atom is 0.225 e. The zero-order valence-corrected chi connectivity index (χ0v) is 26.4. The fourth-order valence-electron chi connectivity index (χ4n) is 5.97. The van der Waals surface area contributed by atoms with Crippen molar-refractivity contribution in [1.82, 2.24) is 19.9 Å². The van der Waals surface area contributed by atoms with Crippen molar-refractivity contribution in [3.8, 4) is 17.0 Å². The van der Waals surface area contributed by atoms with Crippen LogP contribution in [0, 0.1) is 38.3 Å². The summed E-state index contributed by atoms with van der Waals surface area (Å²) in [5.41, 5.74) is 11.6. The summed E-state index contributed by atoms with van der Waals surface area (Å²) in [4.78, 5) is 15.2. The fraction of sp³-hybridized carbons (Fsp3) is 0.364. The van der Waals surface area contributed by atoms with Gasteiger partial charge in [0.1, 0.15) is 23.9 Å². The van der Waals surface area contributed by atoms with E-state index in [9.17, 15) is 13.6 Å². The Bertz CT molecular complexity index is 1630. The number of nitrogens with two attached hydrogens (primary N) is 1. The third kappa shape index (κ3) is 6.74. The quantitative estimate of drug-likeness (QED) is 0.158. The molecule has 1 amide bonds. The summed E-state index contributed by atoms with van der Waals surface area (Å²) in [7, 11) is 1.85. The van der Waals surface area contributed by atoms with E-state index in [0.29, 0.717) is 18.8 Å². The average molecular weight is 653 g/mol. The van der Waals surface area contributed by atoms with Gasteiger partial charge in [-0.3, -0.25) is 4.79 Å². The summed E-state index contributed by atoms with van der Waals surface area (Å²) >= 11 is 2.87. The predicted octanol–water partition coefficient (Wildman–Crippen LogP) is 7.46. The molecule has 0 atom stereocenters. The summed E-state index contributed by atoms with van der Waals surface area (Å²) in [6.45, 7) is 7.18. The van der Waals surface area contributed by atoms with Crippen LogP contribution in [-0.4, -0.2) is 32.8 Å². The van der Waals surface area contributed by atoms with Crippen molar-refractivity contribution in [2.75, 3.05) is 12.8 Å².